The molecule has 3 aliphatic rings. The van der Waals surface area contributed by atoms with Crippen molar-refractivity contribution in [2.75, 3.05) is 25.7 Å². The Labute approximate surface area is 220 Å². The number of carbonyl (C=O) groups excluding carboxylic acids is 2. The second-order valence-corrected chi connectivity index (χ2v) is 12.3. The first kappa shape index (κ1) is 27.0. The number of carbonyl (C=O) groups is 2. The summed E-state index contributed by atoms with van der Waals surface area (Å²) < 4.78 is 42.7. The van der Waals surface area contributed by atoms with E-state index in [1.54, 1.807) is 17.1 Å². The van der Waals surface area contributed by atoms with Crippen LogP contribution in [0.5, 0.6) is 0 Å². The van der Waals surface area contributed by atoms with Gasteiger partial charge in [0.1, 0.15) is 11.9 Å². The summed E-state index contributed by atoms with van der Waals surface area (Å²) in [5.41, 5.74) is 6.27. The Morgan fingerprint density at radius 1 is 0.974 bits per heavy atom. The fraction of sp³-hybridized carbons (Fsp3) is 0.708. The third kappa shape index (κ3) is 6.69. The molecule has 2 N–H and O–H groups in total. The van der Waals surface area contributed by atoms with Gasteiger partial charge in [0.25, 0.3) is 0 Å². The highest BCUT2D eigenvalue weighted by molar-refractivity contribution is 7.53. The van der Waals surface area contributed by atoms with E-state index in [-0.39, 0.29) is 29.7 Å². The molecule has 0 spiro atoms. The second kappa shape index (κ2) is 11.6. The van der Waals surface area contributed by atoms with Crippen molar-refractivity contribution in [1.29, 1.82) is 0 Å². The van der Waals surface area contributed by atoms with Crippen LogP contribution in [-0.2, 0) is 44.0 Å². The Morgan fingerprint density at radius 3 is 2.11 bits per heavy atom. The zero-order valence-corrected chi connectivity index (χ0v) is 22.2. The Morgan fingerprint density at radius 2 is 1.55 bits per heavy atom. The molecule has 3 fully saturated rings. The molecule has 0 unspecified atom stereocenters. The first-order valence-electron chi connectivity index (χ1n) is 13.1. The smallest absolute Gasteiger partial charge is 0.361 e. The first-order valence-corrected chi connectivity index (χ1v) is 14.9. The van der Waals surface area contributed by atoms with Crippen molar-refractivity contribution in [2.24, 2.45) is 11.8 Å². The molecule has 2 heterocycles. The van der Waals surface area contributed by atoms with Crippen molar-refractivity contribution >= 4 is 36.6 Å². The van der Waals surface area contributed by atoms with Gasteiger partial charge in [0.2, 0.25) is 19.5 Å². The standard InChI is InChI=1S/C24H34N5O8P/c25-23-26-11-19-20(28-23)29(13-27-19)12-24(9-10-24)35-16-38(32,36-14-33-21(30)17-5-1-2-6-17)37-15-34-22(31)18-7-3-4-8-18/h11,13,17-18H,1-10,12,14-16H2,(H2,25,26,28). The lowest BCUT2D eigenvalue weighted by Crippen LogP contribution is -2.24. The second-order valence-electron chi connectivity index (χ2n) is 10.3. The molecule has 0 bridgehead atoms. The number of aromatic nitrogens is 4. The lowest BCUT2D eigenvalue weighted by atomic mass is 10.1. The molecule has 13 nitrogen and oxygen atoms in total. The van der Waals surface area contributed by atoms with Crippen molar-refractivity contribution in [3.63, 3.8) is 0 Å². The van der Waals surface area contributed by atoms with Gasteiger partial charge in [-0.2, -0.15) is 4.98 Å². The van der Waals surface area contributed by atoms with Crippen molar-refractivity contribution in [3.8, 4) is 0 Å². The molecular formula is C24H34N5O8P. The highest BCUT2D eigenvalue weighted by Crippen LogP contribution is 2.52. The predicted octanol–water partition coefficient (Wildman–Crippen LogP) is 3.52. The molecule has 0 aromatic carbocycles. The van der Waals surface area contributed by atoms with Crippen molar-refractivity contribution < 1.29 is 37.4 Å². The van der Waals surface area contributed by atoms with E-state index in [2.05, 4.69) is 15.0 Å². The molecule has 208 valence electrons. The zero-order chi connectivity index (χ0) is 26.6. The van der Waals surface area contributed by atoms with Crippen molar-refractivity contribution in [2.45, 2.75) is 76.4 Å². The van der Waals surface area contributed by atoms with Crippen molar-refractivity contribution in [1.82, 2.24) is 19.5 Å². The van der Waals surface area contributed by atoms with Gasteiger partial charge in [0, 0.05) is 0 Å². The molecule has 38 heavy (non-hydrogen) atoms. The molecule has 0 amide bonds. The Hall–Kier alpha value is -2.60. The molecule has 0 atom stereocenters. The van der Waals surface area contributed by atoms with E-state index >= 15 is 0 Å². The lowest BCUT2D eigenvalue weighted by Gasteiger charge is -2.23. The summed E-state index contributed by atoms with van der Waals surface area (Å²) in [7, 11) is -3.94. The van der Waals surface area contributed by atoms with Gasteiger partial charge in [-0.15, -0.1) is 0 Å². The highest BCUT2D eigenvalue weighted by Gasteiger charge is 2.47. The van der Waals surface area contributed by atoms with Crippen LogP contribution in [0.2, 0.25) is 0 Å². The molecule has 3 saturated carbocycles. The number of esters is 2. The van der Waals surface area contributed by atoms with E-state index in [0.29, 0.717) is 30.6 Å². The molecule has 2 aromatic heterocycles. The largest absolute Gasteiger partial charge is 0.438 e. The Bertz CT molecular complexity index is 1150. The van der Waals surface area contributed by atoms with Crippen LogP contribution in [0.1, 0.15) is 64.2 Å². The number of rotatable bonds is 13. The van der Waals surface area contributed by atoms with Gasteiger partial charge in [-0.25, -0.2) is 9.97 Å². The zero-order valence-electron chi connectivity index (χ0n) is 21.3. The number of nitrogens with two attached hydrogens (primary N) is 1. The van der Waals surface area contributed by atoms with E-state index < -0.39 is 33.1 Å². The SMILES string of the molecule is Nc1ncc2ncn(CC3(OCP(=O)(OCOC(=O)C4CCCC4)OCOC(=O)C4CCCC4)CC3)c2n1. The van der Waals surface area contributed by atoms with Crippen LogP contribution in [0, 0.1) is 11.8 Å². The van der Waals surface area contributed by atoms with Crippen LogP contribution in [0.15, 0.2) is 12.5 Å². The summed E-state index contributed by atoms with van der Waals surface area (Å²) in [6.07, 6.45) is 11.2. The molecule has 5 rings (SSSR count). The van der Waals surface area contributed by atoms with Gasteiger partial charge in [0.05, 0.1) is 36.5 Å². The number of hydrogen-bond acceptors (Lipinski definition) is 12. The number of ether oxygens (including phenoxy) is 3. The van der Waals surface area contributed by atoms with Crippen LogP contribution >= 0.6 is 7.60 Å². The first-order chi connectivity index (χ1) is 18.3. The molecular weight excluding hydrogens is 517 g/mol. The average Bonchev–Trinajstić information content (AvgIpc) is 3.34. The molecule has 3 aliphatic carbocycles. The molecule has 2 aromatic rings. The molecule has 0 aliphatic heterocycles. The Balaban J connectivity index is 1.18. The summed E-state index contributed by atoms with van der Waals surface area (Å²) in [5.74, 6) is -0.958. The number of fused-ring (bicyclic) bond motifs is 1. The maximum atomic E-state index is 13.5. The average molecular weight is 552 g/mol. The van der Waals surface area contributed by atoms with E-state index in [1.807, 2.05) is 0 Å². The highest BCUT2D eigenvalue weighted by atomic mass is 31.2. The van der Waals surface area contributed by atoms with Gasteiger partial charge < -0.3 is 24.5 Å². The Kier molecular flexibility index (Phi) is 8.27. The summed E-state index contributed by atoms with van der Waals surface area (Å²) >= 11 is 0. The van der Waals surface area contributed by atoms with Crippen LogP contribution in [0.4, 0.5) is 5.95 Å². The topological polar surface area (TPSA) is 167 Å². The number of nitrogen functional groups attached to an aromatic ring is 1. The fourth-order valence-corrected chi connectivity index (χ4v) is 6.08. The molecule has 14 heteroatoms. The van der Waals surface area contributed by atoms with Crippen LogP contribution in [0.3, 0.4) is 0 Å². The summed E-state index contributed by atoms with van der Waals surface area (Å²) in [4.78, 5) is 37.0. The van der Waals surface area contributed by atoms with E-state index in [4.69, 9.17) is 29.0 Å². The number of imidazole rings is 1. The molecule has 0 radical (unpaired) electrons. The minimum absolute atomic E-state index is 0.135. The van der Waals surface area contributed by atoms with Gasteiger partial charge in [-0.05, 0) is 38.5 Å². The summed E-state index contributed by atoms with van der Waals surface area (Å²) in [6.45, 7) is -0.683. The van der Waals surface area contributed by atoms with E-state index in [9.17, 15) is 14.2 Å². The van der Waals surface area contributed by atoms with Crippen LogP contribution in [0.25, 0.3) is 11.2 Å². The maximum absolute atomic E-state index is 13.5. The lowest BCUT2D eigenvalue weighted by molar-refractivity contribution is -0.157. The van der Waals surface area contributed by atoms with E-state index in [1.165, 1.54) is 0 Å². The minimum atomic E-state index is -3.94. The van der Waals surface area contributed by atoms with Crippen molar-refractivity contribution in [3.05, 3.63) is 12.5 Å². The minimum Gasteiger partial charge on any atom is -0.438 e. The van der Waals surface area contributed by atoms with Gasteiger partial charge in [0.15, 0.2) is 5.65 Å². The molecule has 0 saturated heterocycles. The van der Waals surface area contributed by atoms with Gasteiger partial charge in [-0.1, -0.05) is 25.7 Å². The van der Waals surface area contributed by atoms with Gasteiger partial charge >= 0.3 is 19.5 Å². The number of anilines is 1. The third-order valence-electron chi connectivity index (χ3n) is 7.45. The number of hydrogen-bond donors (Lipinski definition) is 1. The maximum Gasteiger partial charge on any atom is 0.361 e. The predicted molar refractivity (Wildman–Crippen MR) is 133 cm³/mol. The quantitative estimate of drug-likeness (QED) is 0.219. The van der Waals surface area contributed by atoms with E-state index in [0.717, 1.165) is 51.4 Å². The van der Waals surface area contributed by atoms with Gasteiger partial charge in [-0.3, -0.25) is 23.2 Å². The van der Waals surface area contributed by atoms with Crippen LogP contribution < -0.4 is 5.73 Å². The fourth-order valence-electron chi connectivity index (χ4n) is 5.00. The van der Waals surface area contributed by atoms with Crippen LogP contribution in [-0.4, -0.2) is 57.0 Å². The monoisotopic (exact) mass is 551 g/mol. The third-order valence-corrected chi connectivity index (χ3v) is 8.89. The summed E-state index contributed by atoms with van der Waals surface area (Å²) in [6, 6.07) is 0. The summed E-state index contributed by atoms with van der Waals surface area (Å²) in [5, 5.41) is 0. The number of nitrogens with zero attached hydrogens (tertiary/aromatic N) is 4. The normalized spacial score (nSPS) is 19.7.